The van der Waals surface area contributed by atoms with Crippen molar-refractivity contribution in [3.05, 3.63) is 49.1 Å². The molecule has 3 heterocycles. The van der Waals surface area contributed by atoms with E-state index >= 15 is 0 Å². The maximum absolute atomic E-state index is 11.6. The van der Waals surface area contributed by atoms with E-state index in [2.05, 4.69) is 41.8 Å². The Kier molecular flexibility index (Phi) is 7.34. The maximum Gasteiger partial charge on any atom is 0.350 e. The highest BCUT2D eigenvalue weighted by molar-refractivity contribution is 9.10. The van der Waals surface area contributed by atoms with Gasteiger partial charge in [0.2, 0.25) is 0 Å². The SMILES string of the molecule is CCOC(=O)c1sc2ncc(Br)cc2c1N.N#Cc1cc(Br)cnc1Cl. The maximum atomic E-state index is 11.6. The lowest BCUT2D eigenvalue weighted by atomic mass is 10.3. The van der Waals surface area contributed by atoms with Crippen LogP contribution in [-0.2, 0) is 4.74 Å². The summed E-state index contributed by atoms with van der Waals surface area (Å²) in [6.07, 6.45) is 3.22. The van der Waals surface area contributed by atoms with Gasteiger partial charge in [-0.1, -0.05) is 11.6 Å². The van der Waals surface area contributed by atoms with E-state index in [0.29, 0.717) is 22.7 Å². The number of esters is 1. The lowest BCUT2D eigenvalue weighted by molar-refractivity contribution is 0.0533. The summed E-state index contributed by atoms with van der Waals surface area (Å²) >= 11 is 13.3. The van der Waals surface area contributed by atoms with Crippen molar-refractivity contribution >= 4 is 76.7 Å². The number of ether oxygens (including phenoxy) is 1. The summed E-state index contributed by atoms with van der Waals surface area (Å²) in [6.45, 7) is 2.10. The Morgan fingerprint density at radius 2 is 2.00 bits per heavy atom. The van der Waals surface area contributed by atoms with Crippen LogP contribution in [0.3, 0.4) is 0 Å². The molecular weight excluding hydrogens is 508 g/mol. The molecule has 3 aromatic rings. The summed E-state index contributed by atoms with van der Waals surface area (Å²) < 4.78 is 6.51. The van der Waals surface area contributed by atoms with Crippen molar-refractivity contribution in [2.24, 2.45) is 0 Å². The van der Waals surface area contributed by atoms with Crippen LogP contribution in [0.15, 0.2) is 33.5 Å². The van der Waals surface area contributed by atoms with Gasteiger partial charge in [-0.05, 0) is 50.9 Å². The number of hydrogen-bond donors (Lipinski definition) is 1. The van der Waals surface area contributed by atoms with Crippen molar-refractivity contribution in [3.8, 4) is 6.07 Å². The number of fused-ring (bicyclic) bond motifs is 1. The Morgan fingerprint density at radius 3 is 2.62 bits per heavy atom. The number of nitrogen functional groups attached to an aromatic ring is 1. The monoisotopic (exact) mass is 516 g/mol. The molecule has 0 radical (unpaired) electrons. The van der Waals surface area contributed by atoms with Crippen LogP contribution in [0.5, 0.6) is 0 Å². The van der Waals surface area contributed by atoms with E-state index in [1.54, 1.807) is 25.4 Å². The molecule has 10 heteroatoms. The Morgan fingerprint density at radius 1 is 1.35 bits per heavy atom. The van der Waals surface area contributed by atoms with E-state index in [9.17, 15) is 4.79 Å². The Balaban J connectivity index is 0.000000209. The number of nitrogens with two attached hydrogens (primary N) is 1. The minimum Gasteiger partial charge on any atom is -0.462 e. The number of nitriles is 1. The predicted molar refractivity (Wildman–Crippen MR) is 109 cm³/mol. The van der Waals surface area contributed by atoms with Crippen LogP contribution < -0.4 is 5.73 Å². The van der Waals surface area contributed by atoms with Gasteiger partial charge in [0.15, 0.2) is 0 Å². The third kappa shape index (κ3) is 4.92. The topological polar surface area (TPSA) is 102 Å². The second-order valence-electron chi connectivity index (χ2n) is 4.68. The number of hydrogen-bond acceptors (Lipinski definition) is 7. The van der Waals surface area contributed by atoms with Crippen LogP contribution >= 0.6 is 54.8 Å². The largest absolute Gasteiger partial charge is 0.462 e. The van der Waals surface area contributed by atoms with Gasteiger partial charge in [-0.25, -0.2) is 14.8 Å². The standard InChI is InChI=1S/C10H9BrN2O2S.C6H2BrClN2/c1-2-15-10(14)8-7(12)6-3-5(11)4-13-9(6)16-8;7-5-1-4(2-9)6(8)10-3-5/h3-4H,2,12H2,1H3;1,3H. The second kappa shape index (κ2) is 9.28. The van der Waals surface area contributed by atoms with Crippen LogP contribution in [-0.4, -0.2) is 22.5 Å². The molecule has 134 valence electrons. The third-order valence-corrected chi connectivity index (χ3v) is 5.22. The molecular formula is C16H11Br2ClN4O2S. The molecule has 0 unspecified atom stereocenters. The third-order valence-electron chi connectivity index (χ3n) is 2.94. The number of anilines is 1. The van der Waals surface area contributed by atoms with Gasteiger partial charge in [0.25, 0.3) is 0 Å². The summed E-state index contributed by atoms with van der Waals surface area (Å²) in [7, 11) is 0. The molecule has 0 aliphatic heterocycles. The van der Waals surface area contributed by atoms with Gasteiger partial charge in [0.1, 0.15) is 20.9 Å². The summed E-state index contributed by atoms with van der Waals surface area (Å²) in [4.78, 5) is 20.7. The minimum atomic E-state index is -0.390. The molecule has 0 aliphatic rings. The molecule has 0 aliphatic carbocycles. The highest BCUT2D eigenvalue weighted by Crippen LogP contribution is 2.34. The van der Waals surface area contributed by atoms with Crippen molar-refractivity contribution in [3.63, 3.8) is 0 Å². The van der Waals surface area contributed by atoms with Crippen LogP contribution in [0, 0.1) is 11.3 Å². The molecule has 0 saturated carbocycles. The number of nitrogens with zero attached hydrogens (tertiary/aromatic N) is 3. The quantitative estimate of drug-likeness (QED) is 0.370. The number of carbonyl (C=O) groups excluding carboxylic acids is 1. The number of thiophene rings is 1. The minimum absolute atomic E-state index is 0.241. The van der Waals surface area contributed by atoms with E-state index in [4.69, 9.17) is 27.3 Å². The fraction of sp³-hybridized carbons (Fsp3) is 0.125. The fourth-order valence-corrected chi connectivity index (χ4v) is 3.57. The van der Waals surface area contributed by atoms with Gasteiger partial charge in [-0.2, -0.15) is 5.26 Å². The number of carbonyl (C=O) groups is 1. The number of rotatable bonds is 2. The first-order valence-corrected chi connectivity index (χ1v) is 9.87. The zero-order valence-electron chi connectivity index (χ0n) is 13.3. The molecule has 3 aromatic heterocycles. The molecule has 0 atom stereocenters. The Bertz CT molecular complexity index is 1000. The zero-order chi connectivity index (χ0) is 19.3. The number of halogens is 3. The first-order chi connectivity index (χ1) is 12.4. The van der Waals surface area contributed by atoms with Gasteiger partial charge in [0, 0.05) is 26.7 Å². The van der Waals surface area contributed by atoms with Gasteiger partial charge < -0.3 is 10.5 Å². The zero-order valence-corrected chi connectivity index (χ0v) is 18.0. The first kappa shape index (κ1) is 20.6. The van der Waals surface area contributed by atoms with Gasteiger partial charge in [-0.15, -0.1) is 11.3 Å². The fourth-order valence-electron chi connectivity index (χ4n) is 1.82. The van der Waals surface area contributed by atoms with Crippen LogP contribution in [0.25, 0.3) is 10.2 Å². The Labute approximate surface area is 175 Å². The van der Waals surface area contributed by atoms with E-state index < -0.39 is 0 Å². The first-order valence-electron chi connectivity index (χ1n) is 7.09. The van der Waals surface area contributed by atoms with Gasteiger partial charge in [-0.3, -0.25) is 0 Å². The van der Waals surface area contributed by atoms with Gasteiger partial charge in [0.05, 0.1) is 17.9 Å². The molecule has 0 saturated heterocycles. The summed E-state index contributed by atoms with van der Waals surface area (Å²) in [5.74, 6) is -0.390. The molecule has 0 aromatic carbocycles. The average Bonchev–Trinajstić information content (AvgIpc) is 2.94. The number of pyridine rings is 2. The lowest BCUT2D eigenvalue weighted by Crippen LogP contribution is -2.04. The van der Waals surface area contributed by atoms with Crippen molar-refractivity contribution in [1.82, 2.24) is 9.97 Å². The molecule has 2 N–H and O–H groups in total. The Hall–Kier alpha value is -1.73. The smallest absolute Gasteiger partial charge is 0.350 e. The molecule has 0 spiro atoms. The highest BCUT2D eigenvalue weighted by atomic mass is 79.9. The van der Waals surface area contributed by atoms with Crippen molar-refractivity contribution in [1.29, 1.82) is 5.26 Å². The van der Waals surface area contributed by atoms with Gasteiger partial charge >= 0.3 is 5.97 Å². The average molecular weight is 519 g/mol. The molecule has 0 amide bonds. The summed E-state index contributed by atoms with van der Waals surface area (Å²) in [5, 5.41) is 9.47. The second-order valence-corrected chi connectivity index (χ2v) is 7.86. The molecule has 26 heavy (non-hydrogen) atoms. The molecule has 3 rings (SSSR count). The van der Waals surface area contributed by atoms with Crippen LogP contribution in [0.2, 0.25) is 5.15 Å². The van der Waals surface area contributed by atoms with E-state index in [1.165, 1.54) is 11.3 Å². The van der Waals surface area contributed by atoms with Crippen molar-refractivity contribution in [2.45, 2.75) is 6.92 Å². The summed E-state index contributed by atoms with van der Waals surface area (Å²) in [5.41, 5.74) is 6.71. The molecule has 6 nitrogen and oxygen atoms in total. The van der Waals surface area contributed by atoms with Crippen molar-refractivity contribution < 1.29 is 9.53 Å². The lowest BCUT2D eigenvalue weighted by Gasteiger charge is -1.98. The van der Waals surface area contributed by atoms with E-state index in [-0.39, 0.29) is 11.1 Å². The number of aromatic nitrogens is 2. The molecule has 0 fully saturated rings. The highest BCUT2D eigenvalue weighted by Gasteiger charge is 2.18. The van der Waals surface area contributed by atoms with E-state index in [0.717, 1.165) is 19.2 Å². The van der Waals surface area contributed by atoms with Crippen molar-refractivity contribution in [2.75, 3.05) is 12.3 Å². The summed E-state index contributed by atoms with van der Waals surface area (Å²) in [6, 6.07) is 5.38. The normalized spacial score (nSPS) is 9.96. The van der Waals surface area contributed by atoms with Crippen LogP contribution in [0.4, 0.5) is 5.69 Å². The van der Waals surface area contributed by atoms with Crippen LogP contribution in [0.1, 0.15) is 22.2 Å². The molecule has 0 bridgehead atoms. The predicted octanol–water partition coefficient (Wildman–Crippen LogP) is 5.19. The van der Waals surface area contributed by atoms with E-state index in [1.807, 2.05) is 12.1 Å².